The molecule has 3 nitrogen and oxygen atoms in total. The van der Waals surface area contributed by atoms with E-state index in [0.717, 1.165) is 19.3 Å². The van der Waals surface area contributed by atoms with E-state index in [2.05, 4.69) is 20.8 Å². The van der Waals surface area contributed by atoms with Gasteiger partial charge in [-0.15, -0.1) is 0 Å². The number of hydrogen-bond donors (Lipinski definition) is 0. The first-order chi connectivity index (χ1) is 9.72. The van der Waals surface area contributed by atoms with E-state index in [4.69, 9.17) is 4.74 Å². The summed E-state index contributed by atoms with van der Waals surface area (Å²) in [4.78, 5) is 24.5. The Bertz CT molecular complexity index is 375. The smallest absolute Gasteiger partial charge is 0.319 e. The molecule has 0 N–H and O–H groups in total. The van der Waals surface area contributed by atoms with E-state index >= 15 is 0 Å². The van der Waals surface area contributed by atoms with Crippen LogP contribution in [0.4, 0.5) is 0 Å². The van der Waals surface area contributed by atoms with Gasteiger partial charge in [0.2, 0.25) is 0 Å². The maximum atomic E-state index is 12.6. The number of carbonyl (C=O) groups is 2. The molecule has 122 valence electrons. The normalized spacial score (nSPS) is 29.0. The van der Waals surface area contributed by atoms with Crippen LogP contribution in [0, 0.1) is 23.2 Å². The first-order valence-electron chi connectivity index (χ1n) is 8.44. The molecule has 3 heteroatoms. The molecule has 0 bridgehead atoms. The third kappa shape index (κ3) is 4.31. The summed E-state index contributed by atoms with van der Waals surface area (Å²) in [5, 5.41) is 0. The largest absolute Gasteiger partial charge is 0.461 e. The number of carbonyl (C=O) groups excluding carboxylic acids is 2. The monoisotopic (exact) mass is 296 g/mol. The molecule has 0 heterocycles. The molecule has 0 aromatic carbocycles. The molecule has 0 amide bonds. The van der Waals surface area contributed by atoms with Gasteiger partial charge in [0, 0.05) is 0 Å². The van der Waals surface area contributed by atoms with Crippen molar-refractivity contribution in [1.82, 2.24) is 0 Å². The Morgan fingerprint density at radius 1 is 1.29 bits per heavy atom. The van der Waals surface area contributed by atoms with Crippen LogP contribution in [0.25, 0.3) is 0 Å². The molecule has 0 unspecified atom stereocenters. The van der Waals surface area contributed by atoms with E-state index < -0.39 is 5.41 Å². The Hall–Kier alpha value is -0.860. The number of Topliss-reactive ketones (excluding diaryl/α,β-unsaturated/α-hetero) is 1. The van der Waals surface area contributed by atoms with E-state index in [0.29, 0.717) is 24.2 Å². The maximum Gasteiger partial charge on any atom is 0.319 e. The Labute approximate surface area is 129 Å². The van der Waals surface area contributed by atoms with Gasteiger partial charge < -0.3 is 4.74 Å². The zero-order valence-corrected chi connectivity index (χ0v) is 14.6. The number of esters is 1. The van der Waals surface area contributed by atoms with Gasteiger partial charge in [-0.2, -0.15) is 0 Å². The van der Waals surface area contributed by atoms with Crippen molar-refractivity contribution in [2.24, 2.45) is 23.2 Å². The highest BCUT2D eigenvalue weighted by Gasteiger charge is 2.42. The lowest BCUT2D eigenvalue weighted by Gasteiger charge is -2.38. The summed E-state index contributed by atoms with van der Waals surface area (Å²) in [5.74, 6) is 1.11. The van der Waals surface area contributed by atoms with Crippen molar-refractivity contribution in [3.05, 3.63) is 0 Å². The van der Waals surface area contributed by atoms with Gasteiger partial charge in [-0.1, -0.05) is 40.5 Å². The highest BCUT2D eigenvalue weighted by atomic mass is 16.5. The van der Waals surface area contributed by atoms with E-state index in [9.17, 15) is 9.59 Å². The zero-order valence-electron chi connectivity index (χ0n) is 14.6. The fourth-order valence-electron chi connectivity index (χ4n) is 3.44. The number of hydrogen-bond acceptors (Lipinski definition) is 3. The first-order valence-corrected chi connectivity index (χ1v) is 8.44. The summed E-state index contributed by atoms with van der Waals surface area (Å²) < 4.78 is 5.85. The third-order valence-corrected chi connectivity index (χ3v) is 5.20. The molecule has 0 aromatic rings. The van der Waals surface area contributed by atoms with E-state index in [-0.39, 0.29) is 17.9 Å². The van der Waals surface area contributed by atoms with Crippen molar-refractivity contribution >= 4 is 11.8 Å². The number of rotatable bonds is 6. The topological polar surface area (TPSA) is 43.4 Å². The lowest BCUT2D eigenvalue weighted by Crippen LogP contribution is -2.42. The molecule has 1 aliphatic rings. The molecule has 1 saturated carbocycles. The second-order valence-electron chi connectivity index (χ2n) is 7.41. The maximum absolute atomic E-state index is 12.6. The van der Waals surface area contributed by atoms with Gasteiger partial charge in [-0.3, -0.25) is 9.59 Å². The van der Waals surface area contributed by atoms with Gasteiger partial charge in [0.05, 0.1) is 0 Å². The summed E-state index contributed by atoms with van der Waals surface area (Å²) in [6.07, 6.45) is 4.58. The number of ether oxygens (including phenoxy) is 1. The second kappa shape index (κ2) is 7.42. The van der Waals surface area contributed by atoms with Crippen molar-refractivity contribution < 1.29 is 14.3 Å². The van der Waals surface area contributed by atoms with Crippen LogP contribution in [0.1, 0.15) is 73.6 Å². The molecule has 1 aliphatic carbocycles. The Balaban J connectivity index is 2.84. The Morgan fingerprint density at radius 3 is 2.38 bits per heavy atom. The van der Waals surface area contributed by atoms with Crippen molar-refractivity contribution in [1.29, 1.82) is 0 Å². The highest BCUT2D eigenvalue weighted by Crippen LogP contribution is 2.37. The van der Waals surface area contributed by atoms with E-state index in [1.165, 1.54) is 13.3 Å². The lowest BCUT2D eigenvalue weighted by atomic mass is 9.75. The summed E-state index contributed by atoms with van der Waals surface area (Å²) in [6.45, 7) is 11.8. The molecule has 4 atom stereocenters. The van der Waals surface area contributed by atoms with Crippen LogP contribution in [0.2, 0.25) is 0 Å². The molecular formula is C18H32O3. The molecule has 1 fully saturated rings. The van der Waals surface area contributed by atoms with Gasteiger partial charge in [0.1, 0.15) is 17.3 Å². The van der Waals surface area contributed by atoms with Crippen molar-refractivity contribution in [3.8, 4) is 0 Å². The van der Waals surface area contributed by atoms with Crippen LogP contribution in [0.5, 0.6) is 0 Å². The van der Waals surface area contributed by atoms with Gasteiger partial charge in [0.15, 0.2) is 0 Å². The van der Waals surface area contributed by atoms with Crippen LogP contribution in [0.3, 0.4) is 0 Å². The van der Waals surface area contributed by atoms with E-state index in [1.54, 1.807) is 6.92 Å². The fraction of sp³-hybridized carbons (Fsp3) is 0.889. The van der Waals surface area contributed by atoms with Gasteiger partial charge in [-0.25, -0.2) is 0 Å². The molecule has 0 aliphatic heterocycles. The van der Waals surface area contributed by atoms with Crippen molar-refractivity contribution in [2.75, 3.05) is 0 Å². The van der Waals surface area contributed by atoms with Gasteiger partial charge >= 0.3 is 5.97 Å². The van der Waals surface area contributed by atoms with Gasteiger partial charge in [-0.05, 0) is 50.9 Å². The zero-order chi connectivity index (χ0) is 16.2. The molecule has 0 radical (unpaired) electrons. The first kappa shape index (κ1) is 18.2. The van der Waals surface area contributed by atoms with E-state index in [1.807, 2.05) is 6.92 Å². The molecule has 0 spiro atoms. The van der Waals surface area contributed by atoms with Crippen molar-refractivity contribution in [2.45, 2.75) is 79.8 Å². The summed E-state index contributed by atoms with van der Waals surface area (Å²) in [5.41, 5.74) is -0.975. The minimum absolute atomic E-state index is 0.0308. The standard InChI is InChI=1S/C18H32O3/c1-7-10-18(6,14(5)19)17(20)21-16-11-13(4)8-9-15(16)12(2)3/h12-13,15-16H,7-11H2,1-6H3/t13-,15-,16+,18+/m0/s1. The SMILES string of the molecule is CCC[C@](C)(C(C)=O)C(=O)O[C@@H]1C[C@@H](C)CC[C@H]1C(C)C. The predicted molar refractivity (Wildman–Crippen MR) is 84.9 cm³/mol. The number of ketones is 1. The minimum atomic E-state index is -0.975. The van der Waals surface area contributed by atoms with Crippen molar-refractivity contribution in [3.63, 3.8) is 0 Å². The van der Waals surface area contributed by atoms with Crippen LogP contribution < -0.4 is 0 Å². The predicted octanol–water partition coefficient (Wildman–Crippen LogP) is 4.39. The van der Waals surface area contributed by atoms with Crippen LogP contribution in [-0.2, 0) is 14.3 Å². The lowest BCUT2D eigenvalue weighted by molar-refractivity contribution is -0.170. The molecule has 1 rings (SSSR count). The Kier molecular flexibility index (Phi) is 6.42. The summed E-state index contributed by atoms with van der Waals surface area (Å²) in [6, 6.07) is 0. The second-order valence-corrected chi connectivity index (χ2v) is 7.41. The summed E-state index contributed by atoms with van der Waals surface area (Å²) in [7, 11) is 0. The average molecular weight is 296 g/mol. The molecular weight excluding hydrogens is 264 g/mol. The molecule has 0 aromatic heterocycles. The van der Waals surface area contributed by atoms with Gasteiger partial charge in [0.25, 0.3) is 0 Å². The molecule has 21 heavy (non-hydrogen) atoms. The van der Waals surface area contributed by atoms with Crippen LogP contribution in [0.15, 0.2) is 0 Å². The van der Waals surface area contributed by atoms with Crippen LogP contribution in [-0.4, -0.2) is 17.9 Å². The minimum Gasteiger partial charge on any atom is -0.461 e. The fourth-order valence-corrected chi connectivity index (χ4v) is 3.44. The molecule has 0 saturated heterocycles. The Morgan fingerprint density at radius 2 is 1.90 bits per heavy atom. The third-order valence-electron chi connectivity index (χ3n) is 5.20. The average Bonchev–Trinajstić information content (AvgIpc) is 2.38. The van der Waals surface area contributed by atoms with Crippen LogP contribution >= 0.6 is 0 Å². The highest BCUT2D eigenvalue weighted by molar-refractivity contribution is 6.02. The summed E-state index contributed by atoms with van der Waals surface area (Å²) >= 11 is 0. The quantitative estimate of drug-likeness (QED) is 0.539.